The van der Waals surface area contributed by atoms with E-state index in [0.717, 1.165) is 12.1 Å². The largest absolute Gasteiger partial charge is 0.478 e. The van der Waals surface area contributed by atoms with Crippen molar-refractivity contribution in [1.82, 2.24) is 4.72 Å². The van der Waals surface area contributed by atoms with Crippen molar-refractivity contribution < 1.29 is 27.8 Å². The molecule has 0 aromatic heterocycles. The van der Waals surface area contributed by atoms with Crippen molar-refractivity contribution in [2.24, 2.45) is 0 Å². The molecule has 0 aliphatic carbocycles. The molecule has 20 heavy (non-hydrogen) atoms. The third-order valence-corrected chi connectivity index (χ3v) is 4.30. The van der Waals surface area contributed by atoms with Crippen LogP contribution < -0.4 is 4.72 Å². The van der Waals surface area contributed by atoms with Gasteiger partial charge in [0, 0.05) is 6.04 Å². The number of nitrogens with one attached hydrogen (secondary N) is 1. The monoisotopic (exact) mass is 305 g/mol. The number of aliphatic hydroxyl groups is 1. The maximum Gasteiger partial charge on any atom is 0.338 e. The molecule has 1 aromatic rings. The maximum atomic E-state index is 13.6. The highest BCUT2D eigenvalue weighted by atomic mass is 32.2. The second-order valence-electron chi connectivity index (χ2n) is 4.32. The van der Waals surface area contributed by atoms with Crippen LogP contribution in [0, 0.1) is 12.7 Å². The molecular formula is C12H16FNO5S. The van der Waals surface area contributed by atoms with Gasteiger partial charge in [-0.2, -0.15) is 0 Å². The van der Waals surface area contributed by atoms with Gasteiger partial charge in [-0.25, -0.2) is 22.3 Å². The molecule has 3 N–H and O–H groups in total. The fourth-order valence-electron chi connectivity index (χ4n) is 1.58. The number of hydrogen-bond acceptors (Lipinski definition) is 4. The Labute approximate surface area is 116 Å². The van der Waals surface area contributed by atoms with Gasteiger partial charge >= 0.3 is 5.97 Å². The highest BCUT2D eigenvalue weighted by Gasteiger charge is 2.23. The lowest BCUT2D eigenvalue weighted by Gasteiger charge is -2.15. The van der Waals surface area contributed by atoms with Crippen LogP contribution in [0.1, 0.15) is 29.3 Å². The van der Waals surface area contributed by atoms with Gasteiger partial charge < -0.3 is 10.2 Å². The van der Waals surface area contributed by atoms with Crippen molar-refractivity contribution in [2.45, 2.75) is 31.2 Å². The minimum Gasteiger partial charge on any atom is -0.478 e. The highest BCUT2D eigenvalue weighted by molar-refractivity contribution is 7.89. The fraction of sp³-hybridized carbons (Fsp3) is 0.417. The summed E-state index contributed by atoms with van der Waals surface area (Å²) in [5.41, 5.74) is -0.787. The van der Waals surface area contributed by atoms with E-state index in [0.29, 0.717) is 6.42 Å². The molecule has 0 radical (unpaired) electrons. The lowest BCUT2D eigenvalue weighted by atomic mass is 10.1. The first kappa shape index (κ1) is 16.5. The van der Waals surface area contributed by atoms with E-state index < -0.39 is 33.4 Å². The summed E-state index contributed by atoms with van der Waals surface area (Å²) in [6.07, 6.45) is 0.363. The molecule has 0 heterocycles. The third kappa shape index (κ3) is 3.53. The summed E-state index contributed by atoms with van der Waals surface area (Å²) < 4.78 is 39.9. The SMILES string of the molecule is CCC(CO)NS(=O)(=O)c1cc(C)c(F)c(C(=O)O)c1. The Morgan fingerprint density at radius 3 is 2.50 bits per heavy atom. The molecule has 0 spiro atoms. The van der Waals surface area contributed by atoms with Crippen LogP contribution in [0.4, 0.5) is 4.39 Å². The molecule has 112 valence electrons. The summed E-state index contributed by atoms with van der Waals surface area (Å²) in [6.45, 7) is 2.58. The first-order chi connectivity index (χ1) is 9.22. The fourth-order valence-corrected chi connectivity index (χ4v) is 3.01. The lowest BCUT2D eigenvalue weighted by molar-refractivity contribution is 0.0691. The lowest BCUT2D eigenvalue weighted by Crippen LogP contribution is -2.37. The van der Waals surface area contributed by atoms with Crippen LogP contribution in [0.3, 0.4) is 0 Å². The second-order valence-corrected chi connectivity index (χ2v) is 6.03. The molecule has 1 unspecified atom stereocenters. The van der Waals surface area contributed by atoms with Crippen molar-refractivity contribution in [1.29, 1.82) is 0 Å². The Bertz CT molecular complexity index is 611. The zero-order chi connectivity index (χ0) is 15.5. The minimum atomic E-state index is -4.02. The Morgan fingerprint density at radius 2 is 2.05 bits per heavy atom. The molecule has 0 saturated carbocycles. The number of rotatable bonds is 6. The van der Waals surface area contributed by atoms with E-state index in [9.17, 15) is 17.6 Å². The molecule has 0 aliphatic rings. The van der Waals surface area contributed by atoms with Crippen LogP contribution in [-0.4, -0.2) is 37.2 Å². The normalized spacial score (nSPS) is 13.2. The zero-order valence-corrected chi connectivity index (χ0v) is 11.9. The van der Waals surface area contributed by atoms with Crippen molar-refractivity contribution >= 4 is 16.0 Å². The van der Waals surface area contributed by atoms with Crippen molar-refractivity contribution in [3.63, 3.8) is 0 Å². The van der Waals surface area contributed by atoms with Crippen LogP contribution >= 0.6 is 0 Å². The average Bonchev–Trinajstić information content (AvgIpc) is 2.38. The number of aliphatic hydroxyl groups excluding tert-OH is 1. The molecular weight excluding hydrogens is 289 g/mol. The maximum absolute atomic E-state index is 13.6. The molecule has 0 aliphatic heterocycles. The summed E-state index contributed by atoms with van der Waals surface area (Å²) in [4.78, 5) is 10.5. The summed E-state index contributed by atoms with van der Waals surface area (Å²) in [5.74, 6) is -2.51. The van der Waals surface area contributed by atoms with Gasteiger partial charge in [0.25, 0.3) is 0 Å². The van der Waals surface area contributed by atoms with Gasteiger partial charge in [-0.3, -0.25) is 0 Å². The van der Waals surface area contributed by atoms with Crippen molar-refractivity contribution in [3.05, 3.63) is 29.1 Å². The van der Waals surface area contributed by atoms with E-state index in [1.54, 1.807) is 6.92 Å². The van der Waals surface area contributed by atoms with E-state index in [1.807, 2.05) is 0 Å². The van der Waals surface area contributed by atoms with Gasteiger partial charge in [0.05, 0.1) is 17.1 Å². The van der Waals surface area contributed by atoms with Crippen molar-refractivity contribution in [3.8, 4) is 0 Å². The number of aromatic carboxylic acids is 1. The molecule has 6 nitrogen and oxygen atoms in total. The Kier molecular flexibility index (Phi) is 5.21. The van der Waals surface area contributed by atoms with E-state index in [-0.39, 0.29) is 17.1 Å². The summed E-state index contributed by atoms with van der Waals surface area (Å²) >= 11 is 0. The van der Waals surface area contributed by atoms with Gasteiger partial charge in [0.15, 0.2) is 0 Å². The molecule has 1 atom stereocenters. The van der Waals surface area contributed by atoms with Crippen LogP contribution in [0.5, 0.6) is 0 Å². The van der Waals surface area contributed by atoms with Crippen LogP contribution in [-0.2, 0) is 10.0 Å². The van der Waals surface area contributed by atoms with E-state index in [2.05, 4.69) is 4.72 Å². The van der Waals surface area contributed by atoms with E-state index >= 15 is 0 Å². The Morgan fingerprint density at radius 1 is 1.45 bits per heavy atom. The summed E-state index contributed by atoms with van der Waals surface area (Å²) in [7, 11) is -4.02. The molecule has 0 fully saturated rings. The minimum absolute atomic E-state index is 0.0812. The number of halogens is 1. The Balaban J connectivity index is 3.29. The topological polar surface area (TPSA) is 104 Å². The van der Waals surface area contributed by atoms with Gasteiger partial charge in [-0.15, -0.1) is 0 Å². The molecule has 0 bridgehead atoms. The zero-order valence-electron chi connectivity index (χ0n) is 11.1. The van der Waals surface area contributed by atoms with Crippen molar-refractivity contribution in [2.75, 3.05) is 6.61 Å². The number of carboxylic acid groups (broad SMARTS) is 1. The first-order valence-corrected chi connectivity index (χ1v) is 7.37. The standard InChI is InChI=1S/C12H16FNO5S/c1-3-8(6-15)14-20(18,19)9-4-7(2)11(13)10(5-9)12(16)17/h4-5,8,14-15H,3,6H2,1-2H3,(H,16,17). The summed E-state index contributed by atoms with van der Waals surface area (Å²) in [6, 6.07) is 1.13. The first-order valence-electron chi connectivity index (χ1n) is 5.89. The number of benzene rings is 1. The number of carbonyl (C=O) groups is 1. The molecule has 1 rings (SSSR count). The highest BCUT2D eigenvalue weighted by Crippen LogP contribution is 2.19. The molecule has 0 saturated heterocycles. The number of aryl methyl sites for hydroxylation is 1. The summed E-state index contributed by atoms with van der Waals surface area (Å²) in [5, 5.41) is 17.9. The van der Waals surface area contributed by atoms with Gasteiger partial charge in [-0.1, -0.05) is 6.92 Å². The average molecular weight is 305 g/mol. The van der Waals surface area contributed by atoms with Crippen LogP contribution in [0.25, 0.3) is 0 Å². The number of carboxylic acids is 1. The van der Waals surface area contributed by atoms with E-state index in [1.165, 1.54) is 6.92 Å². The molecule has 1 aromatic carbocycles. The van der Waals surface area contributed by atoms with Crippen LogP contribution in [0.15, 0.2) is 17.0 Å². The van der Waals surface area contributed by atoms with Gasteiger partial charge in [0.1, 0.15) is 5.82 Å². The molecule has 0 amide bonds. The van der Waals surface area contributed by atoms with Crippen LogP contribution in [0.2, 0.25) is 0 Å². The number of hydrogen-bond donors (Lipinski definition) is 3. The van der Waals surface area contributed by atoms with Gasteiger partial charge in [-0.05, 0) is 31.0 Å². The second kappa shape index (κ2) is 6.29. The quantitative estimate of drug-likeness (QED) is 0.724. The Hall–Kier alpha value is -1.51. The number of sulfonamides is 1. The third-order valence-electron chi connectivity index (χ3n) is 2.80. The predicted molar refractivity (Wildman–Crippen MR) is 69.6 cm³/mol. The van der Waals surface area contributed by atoms with E-state index in [4.69, 9.17) is 10.2 Å². The molecule has 8 heteroatoms. The van der Waals surface area contributed by atoms with Gasteiger partial charge in [0.2, 0.25) is 10.0 Å². The predicted octanol–water partition coefficient (Wildman–Crippen LogP) is 0.882. The smallest absolute Gasteiger partial charge is 0.338 e.